The summed E-state index contributed by atoms with van der Waals surface area (Å²) in [6.45, 7) is 9.09. The van der Waals surface area contributed by atoms with Crippen LogP contribution in [0.25, 0.3) is 0 Å². The van der Waals surface area contributed by atoms with Crippen molar-refractivity contribution in [2.24, 2.45) is 0 Å². The van der Waals surface area contributed by atoms with Crippen molar-refractivity contribution >= 4 is 17.5 Å². The topological polar surface area (TPSA) is 58.1 Å². The van der Waals surface area contributed by atoms with Gasteiger partial charge in [-0.25, -0.2) is 9.97 Å². The van der Waals surface area contributed by atoms with Gasteiger partial charge in [-0.3, -0.25) is 4.79 Å². The van der Waals surface area contributed by atoms with Gasteiger partial charge in [0.15, 0.2) is 0 Å². The number of rotatable bonds is 6. The Morgan fingerprint density at radius 2 is 1.71 bits per heavy atom. The Morgan fingerprint density at radius 1 is 0.964 bits per heavy atom. The molecule has 0 saturated carbocycles. The molecule has 0 aliphatic carbocycles. The minimum absolute atomic E-state index is 0.128. The van der Waals surface area contributed by atoms with E-state index in [-0.39, 0.29) is 5.91 Å². The normalized spacial score (nSPS) is 10.6. The van der Waals surface area contributed by atoms with E-state index in [1.165, 1.54) is 5.56 Å². The van der Waals surface area contributed by atoms with Gasteiger partial charge in [0.1, 0.15) is 5.69 Å². The molecular weight excluding hydrogens is 348 g/mol. The predicted molar refractivity (Wildman–Crippen MR) is 114 cm³/mol. The molecule has 0 aliphatic heterocycles. The lowest BCUT2D eigenvalue weighted by atomic mass is 10.1. The Balaban J connectivity index is 1.81. The predicted octanol–water partition coefficient (Wildman–Crippen LogP) is 4.68. The van der Waals surface area contributed by atoms with Crippen LogP contribution in [0.5, 0.6) is 0 Å². The second-order valence-corrected chi connectivity index (χ2v) is 6.95. The third-order valence-corrected chi connectivity index (χ3v) is 4.52. The maximum Gasteiger partial charge on any atom is 0.277 e. The standard InChI is InChI=1S/C23H26N4O/c1-5-27(20-8-6-7-17(3)13-20)22(28)21-14-18(4)25-23(26-21)24-15-19-11-9-16(2)10-12-19/h6-14H,5,15H2,1-4H3,(H,24,25,26). The molecule has 144 valence electrons. The average Bonchev–Trinajstić information content (AvgIpc) is 2.68. The molecule has 5 heteroatoms. The zero-order valence-corrected chi connectivity index (χ0v) is 16.9. The third kappa shape index (κ3) is 4.74. The number of nitrogens with zero attached hydrogens (tertiary/aromatic N) is 3. The van der Waals surface area contributed by atoms with Crippen LogP contribution < -0.4 is 10.2 Å². The number of hydrogen-bond acceptors (Lipinski definition) is 4. The van der Waals surface area contributed by atoms with Crippen molar-refractivity contribution in [1.29, 1.82) is 0 Å². The number of amides is 1. The first-order chi connectivity index (χ1) is 13.5. The lowest BCUT2D eigenvalue weighted by Crippen LogP contribution is -2.31. The summed E-state index contributed by atoms with van der Waals surface area (Å²) in [6, 6.07) is 17.9. The third-order valence-electron chi connectivity index (χ3n) is 4.52. The summed E-state index contributed by atoms with van der Waals surface area (Å²) in [5.41, 5.74) is 5.49. The van der Waals surface area contributed by atoms with E-state index >= 15 is 0 Å². The van der Waals surface area contributed by atoms with E-state index in [1.54, 1.807) is 11.0 Å². The van der Waals surface area contributed by atoms with Gasteiger partial charge in [0, 0.05) is 24.5 Å². The van der Waals surface area contributed by atoms with Gasteiger partial charge in [-0.15, -0.1) is 0 Å². The van der Waals surface area contributed by atoms with Crippen molar-refractivity contribution in [1.82, 2.24) is 9.97 Å². The quantitative estimate of drug-likeness (QED) is 0.680. The molecule has 28 heavy (non-hydrogen) atoms. The molecular formula is C23H26N4O. The molecule has 1 amide bonds. The van der Waals surface area contributed by atoms with Crippen molar-refractivity contribution < 1.29 is 4.79 Å². The second kappa shape index (κ2) is 8.65. The van der Waals surface area contributed by atoms with Gasteiger partial charge >= 0.3 is 0 Å². The van der Waals surface area contributed by atoms with Crippen molar-refractivity contribution in [3.05, 3.63) is 82.7 Å². The number of hydrogen-bond donors (Lipinski definition) is 1. The lowest BCUT2D eigenvalue weighted by molar-refractivity contribution is 0.0983. The number of benzene rings is 2. The largest absolute Gasteiger partial charge is 0.350 e. The Bertz CT molecular complexity index is 967. The van der Waals surface area contributed by atoms with Gasteiger partial charge in [-0.05, 0) is 57.0 Å². The molecule has 0 aliphatic rings. The smallest absolute Gasteiger partial charge is 0.277 e. The zero-order chi connectivity index (χ0) is 20.1. The van der Waals surface area contributed by atoms with Crippen molar-refractivity contribution in [2.75, 3.05) is 16.8 Å². The zero-order valence-electron chi connectivity index (χ0n) is 16.9. The van der Waals surface area contributed by atoms with E-state index in [1.807, 2.05) is 45.0 Å². The van der Waals surface area contributed by atoms with Crippen LogP contribution in [-0.4, -0.2) is 22.4 Å². The van der Waals surface area contributed by atoms with Crippen LogP contribution in [0, 0.1) is 20.8 Å². The van der Waals surface area contributed by atoms with Crippen LogP contribution in [0.3, 0.4) is 0 Å². The summed E-state index contributed by atoms with van der Waals surface area (Å²) in [5, 5.41) is 3.23. The van der Waals surface area contributed by atoms with E-state index in [4.69, 9.17) is 0 Å². The van der Waals surface area contributed by atoms with Crippen LogP contribution in [0.15, 0.2) is 54.6 Å². The van der Waals surface area contributed by atoms with E-state index in [0.29, 0.717) is 24.7 Å². The molecule has 0 fully saturated rings. The highest BCUT2D eigenvalue weighted by Crippen LogP contribution is 2.19. The fourth-order valence-corrected chi connectivity index (χ4v) is 3.02. The average molecular weight is 374 g/mol. The highest BCUT2D eigenvalue weighted by molar-refractivity contribution is 6.05. The fourth-order valence-electron chi connectivity index (χ4n) is 3.02. The van der Waals surface area contributed by atoms with Gasteiger partial charge in [0.2, 0.25) is 5.95 Å². The molecule has 0 unspecified atom stereocenters. The van der Waals surface area contributed by atoms with Gasteiger partial charge < -0.3 is 10.2 Å². The fraction of sp³-hybridized carbons (Fsp3) is 0.261. The molecule has 1 aromatic heterocycles. The molecule has 0 bridgehead atoms. The number of anilines is 2. The second-order valence-electron chi connectivity index (χ2n) is 6.95. The molecule has 2 aromatic carbocycles. The molecule has 1 N–H and O–H groups in total. The summed E-state index contributed by atoms with van der Waals surface area (Å²) in [5.74, 6) is 0.334. The van der Waals surface area contributed by atoms with Crippen molar-refractivity contribution in [3.8, 4) is 0 Å². The number of nitrogens with one attached hydrogen (secondary N) is 1. The van der Waals surface area contributed by atoms with Crippen molar-refractivity contribution in [3.63, 3.8) is 0 Å². The number of carbonyl (C=O) groups is 1. The molecule has 3 aromatic rings. The minimum Gasteiger partial charge on any atom is -0.350 e. The van der Waals surface area contributed by atoms with E-state index in [9.17, 15) is 4.79 Å². The van der Waals surface area contributed by atoms with E-state index in [2.05, 4.69) is 46.5 Å². The molecule has 3 rings (SSSR count). The first-order valence-electron chi connectivity index (χ1n) is 9.50. The Hall–Kier alpha value is -3.21. The van der Waals surface area contributed by atoms with Gasteiger partial charge in [-0.1, -0.05) is 42.0 Å². The molecule has 0 spiro atoms. The summed E-state index contributed by atoms with van der Waals surface area (Å²) in [7, 11) is 0. The molecule has 0 atom stereocenters. The Labute approximate surface area is 166 Å². The number of aromatic nitrogens is 2. The highest BCUT2D eigenvalue weighted by atomic mass is 16.2. The maximum atomic E-state index is 13.1. The monoisotopic (exact) mass is 374 g/mol. The molecule has 0 radical (unpaired) electrons. The molecule has 1 heterocycles. The molecule has 5 nitrogen and oxygen atoms in total. The van der Waals surface area contributed by atoms with E-state index in [0.717, 1.165) is 22.5 Å². The van der Waals surface area contributed by atoms with Gasteiger partial charge in [-0.2, -0.15) is 0 Å². The minimum atomic E-state index is -0.128. The maximum absolute atomic E-state index is 13.1. The summed E-state index contributed by atoms with van der Waals surface area (Å²) >= 11 is 0. The highest BCUT2D eigenvalue weighted by Gasteiger charge is 2.19. The van der Waals surface area contributed by atoms with Gasteiger partial charge in [0.25, 0.3) is 5.91 Å². The molecule has 0 saturated heterocycles. The van der Waals surface area contributed by atoms with Crippen molar-refractivity contribution in [2.45, 2.75) is 34.2 Å². The first-order valence-corrected chi connectivity index (χ1v) is 9.50. The van der Waals surface area contributed by atoms with Crippen LogP contribution in [-0.2, 0) is 6.54 Å². The van der Waals surface area contributed by atoms with Crippen LogP contribution in [0.1, 0.15) is 39.8 Å². The number of carbonyl (C=O) groups excluding carboxylic acids is 1. The van der Waals surface area contributed by atoms with E-state index < -0.39 is 0 Å². The van der Waals surface area contributed by atoms with Crippen LogP contribution >= 0.6 is 0 Å². The van der Waals surface area contributed by atoms with Crippen LogP contribution in [0.4, 0.5) is 11.6 Å². The summed E-state index contributed by atoms with van der Waals surface area (Å²) in [4.78, 5) is 23.7. The first kappa shape index (κ1) is 19.5. The summed E-state index contributed by atoms with van der Waals surface area (Å²) in [6.07, 6.45) is 0. The Kier molecular flexibility index (Phi) is 6.04. The lowest BCUT2D eigenvalue weighted by Gasteiger charge is -2.21. The Morgan fingerprint density at radius 3 is 2.39 bits per heavy atom. The SMILES string of the molecule is CCN(C(=O)c1cc(C)nc(NCc2ccc(C)cc2)n1)c1cccc(C)c1. The number of aryl methyl sites for hydroxylation is 3. The summed E-state index contributed by atoms with van der Waals surface area (Å²) < 4.78 is 0. The van der Waals surface area contributed by atoms with Gasteiger partial charge in [0.05, 0.1) is 0 Å². The van der Waals surface area contributed by atoms with Crippen LogP contribution in [0.2, 0.25) is 0 Å².